The highest BCUT2D eigenvalue weighted by atomic mass is 16.6. The number of aromatic nitrogens is 2. The fourth-order valence-corrected chi connectivity index (χ4v) is 2.17. The predicted octanol–water partition coefficient (Wildman–Crippen LogP) is 1.51. The second-order valence-corrected chi connectivity index (χ2v) is 4.78. The van der Waals surface area contributed by atoms with Crippen molar-refractivity contribution in [1.29, 1.82) is 0 Å². The number of ether oxygens (including phenoxy) is 1. The summed E-state index contributed by atoms with van der Waals surface area (Å²) in [5, 5.41) is 11.0. The summed E-state index contributed by atoms with van der Waals surface area (Å²) in [7, 11) is 0. The number of nitrogens with two attached hydrogens (primary N) is 2. The molecule has 1 aromatic heterocycles. The van der Waals surface area contributed by atoms with Crippen LogP contribution in [0.25, 0.3) is 0 Å². The lowest BCUT2D eigenvalue weighted by molar-refractivity contribution is -0.386. The van der Waals surface area contributed by atoms with E-state index in [2.05, 4.69) is 9.97 Å². The summed E-state index contributed by atoms with van der Waals surface area (Å²) in [6, 6.07) is 5.90. The number of anilines is 1. The van der Waals surface area contributed by atoms with E-state index < -0.39 is 16.9 Å². The number of primary amides is 1. The van der Waals surface area contributed by atoms with Gasteiger partial charge in [-0.2, -0.15) is 0 Å². The number of carbonyl (C=O) groups excluding carboxylic acids is 1. The fourth-order valence-electron chi connectivity index (χ4n) is 2.17. The minimum atomic E-state index is -0.789. The van der Waals surface area contributed by atoms with Gasteiger partial charge in [-0.3, -0.25) is 14.9 Å². The van der Waals surface area contributed by atoms with Gasteiger partial charge in [0.25, 0.3) is 5.91 Å². The van der Waals surface area contributed by atoms with Crippen LogP contribution in [0.1, 0.15) is 34.8 Å². The van der Waals surface area contributed by atoms with Crippen molar-refractivity contribution < 1.29 is 14.5 Å². The molecule has 23 heavy (non-hydrogen) atoms. The third kappa shape index (κ3) is 3.34. The highest BCUT2D eigenvalue weighted by molar-refractivity contribution is 5.95. The Morgan fingerprint density at radius 1 is 1.35 bits per heavy atom. The van der Waals surface area contributed by atoms with E-state index in [4.69, 9.17) is 16.2 Å². The number of nitrogens with zero attached hydrogens (tertiary/aromatic N) is 3. The van der Waals surface area contributed by atoms with Gasteiger partial charge in [0.2, 0.25) is 5.95 Å². The number of para-hydroxylation sites is 2. The molecule has 120 valence electrons. The van der Waals surface area contributed by atoms with E-state index in [1.807, 2.05) is 0 Å². The first-order valence-corrected chi connectivity index (χ1v) is 6.65. The minimum Gasteiger partial charge on any atom is -0.477 e. The molecule has 2 aromatic rings. The lowest BCUT2D eigenvalue weighted by Crippen LogP contribution is -2.21. The van der Waals surface area contributed by atoms with Crippen molar-refractivity contribution in [2.75, 3.05) is 5.73 Å². The lowest BCUT2D eigenvalue weighted by atomic mass is 10.1. The summed E-state index contributed by atoms with van der Waals surface area (Å²) in [4.78, 5) is 30.0. The molecule has 1 aromatic carbocycles. The summed E-state index contributed by atoms with van der Waals surface area (Å²) in [6.07, 6.45) is -0.789. The molecule has 9 heteroatoms. The maximum atomic E-state index is 11.6. The van der Waals surface area contributed by atoms with E-state index in [-0.39, 0.29) is 28.6 Å². The SMILES string of the molecule is Cc1nc(N)nc(C(C)Oc2ccccc2[N+](=O)[O-])c1C(N)=O. The standard InChI is InChI=1S/C14H15N5O4/c1-7-11(13(15)20)12(18-14(16)17-7)8(2)23-10-6-4-3-5-9(10)19(21)22/h3-6,8H,1-2H3,(H2,15,20)(H2,16,17,18). The monoisotopic (exact) mass is 317 g/mol. The number of benzene rings is 1. The first-order chi connectivity index (χ1) is 10.8. The highest BCUT2D eigenvalue weighted by Gasteiger charge is 2.24. The largest absolute Gasteiger partial charge is 0.477 e. The summed E-state index contributed by atoms with van der Waals surface area (Å²) in [6.45, 7) is 3.16. The van der Waals surface area contributed by atoms with Crippen molar-refractivity contribution in [2.45, 2.75) is 20.0 Å². The first-order valence-electron chi connectivity index (χ1n) is 6.65. The Morgan fingerprint density at radius 2 is 2.00 bits per heavy atom. The number of nitrogen functional groups attached to an aromatic ring is 1. The minimum absolute atomic E-state index is 0.0412. The Morgan fingerprint density at radius 3 is 2.61 bits per heavy atom. The van der Waals surface area contributed by atoms with Crippen molar-refractivity contribution in [3.63, 3.8) is 0 Å². The van der Waals surface area contributed by atoms with Crippen LogP contribution in [0.4, 0.5) is 11.6 Å². The van der Waals surface area contributed by atoms with Gasteiger partial charge in [-0.05, 0) is 19.9 Å². The third-order valence-electron chi connectivity index (χ3n) is 3.13. The Labute approximate surface area is 131 Å². The van der Waals surface area contributed by atoms with Gasteiger partial charge in [0.1, 0.15) is 6.10 Å². The number of hydrogen-bond donors (Lipinski definition) is 2. The summed E-state index contributed by atoms with van der Waals surface area (Å²) >= 11 is 0. The Balaban J connectivity index is 2.45. The van der Waals surface area contributed by atoms with Crippen LogP contribution in [0.3, 0.4) is 0 Å². The summed E-state index contributed by atoms with van der Waals surface area (Å²) < 4.78 is 5.60. The van der Waals surface area contributed by atoms with E-state index in [1.54, 1.807) is 19.9 Å². The molecule has 0 bridgehead atoms. The molecule has 0 aliphatic heterocycles. The molecule has 9 nitrogen and oxygen atoms in total. The van der Waals surface area contributed by atoms with Crippen LogP contribution in [-0.4, -0.2) is 20.8 Å². The topological polar surface area (TPSA) is 147 Å². The molecule has 1 unspecified atom stereocenters. The maximum absolute atomic E-state index is 11.6. The first kappa shape index (κ1) is 16.1. The van der Waals surface area contributed by atoms with Crippen molar-refractivity contribution in [3.05, 3.63) is 51.3 Å². The molecule has 0 spiro atoms. The maximum Gasteiger partial charge on any atom is 0.310 e. The van der Waals surface area contributed by atoms with E-state index in [0.717, 1.165) is 0 Å². The molecule has 0 fully saturated rings. The smallest absolute Gasteiger partial charge is 0.310 e. The molecular weight excluding hydrogens is 302 g/mol. The second-order valence-electron chi connectivity index (χ2n) is 4.78. The van der Waals surface area contributed by atoms with Crippen LogP contribution < -0.4 is 16.2 Å². The van der Waals surface area contributed by atoms with E-state index >= 15 is 0 Å². The number of amides is 1. The molecular formula is C14H15N5O4. The van der Waals surface area contributed by atoms with Crippen molar-refractivity contribution in [2.24, 2.45) is 5.73 Å². The number of carbonyl (C=O) groups is 1. The van der Waals surface area contributed by atoms with Gasteiger partial charge >= 0.3 is 5.69 Å². The van der Waals surface area contributed by atoms with Crippen molar-refractivity contribution in [1.82, 2.24) is 9.97 Å². The molecule has 4 N–H and O–H groups in total. The fraction of sp³-hybridized carbons (Fsp3) is 0.214. The Hall–Kier alpha value is -3.23. The van der Waals surface area contributed by atoms with E-state index in [9.17, 15) is 14.9 Å². The zero-order valence-corrected chi connectivity index (χ0v) is 12.5. The van der Waals surface area contributed by atoms with Gasteiger partial charge in [0.05, 0.1) is 21.9 Å². The second kappa shape index (κ2) is 6.26. The highest BCUT2D eigenvalue weighted by Crippen LogP contribution is 2.31. The van der Waals surface area contributed by atoms with Gasteiger partial charge in [-0.15, -0.1) is 0 Å². The number of nitro benzene ring substituents is 1. The molecule has 0 saturated carbocycles. The zero-order valence-electron chi connectivity index (χ0n) is 12.5. The molecule has 2 rings (SSSR count). The number of rotatable bonds is 5. The van der Waals surface area contributed by atoms with Crippen LogP contribution in [0, 0.1) is 17.0 Å². The molecule has 0 aliphatic rings. The van der Waals surface area contributed by atoms with Crippen LogP contribution in [0.5, 0.6) is 5.75 Å². The van der Waals surface area contributed by atoms with Gasteiger partial charge in [-0.25, -0.2) is 9.97 Å². The Bertz CT molecular complexity index is 778. The number of hydrogen-bond acceptors (Lipinski definition) is 7. The summed E-state index contributed by atoms with van der Waals surface area (Å²) in [5.41, 5.74) is 11.3. The molecule has 1 atom stereocenters. The van der Waals surface area contributed by atoms with Crippen LogP contribution >= 0.6 is 0 Å². The normalized spacial score (nSPS) is 11.7. The molecule has 0 aliphatic carbocycles. The van der Waals surface area contributed by atoms with Gasteiger partial charge < -0.3 is 16.2 Å². The predicted molar refractivity (Wildman–Crippen MR) is 81.8 cm³/mol. The average Bonchev–Trinajstić information content (AvgIpc) is 2.46. The summed E-state index contributed by atoms with van der Waals surface area (Å²) in [5.74, 6) is -0.716. The zero-order chi connectivity index (χ0) is 17.1. The number of aryl methyl sites for hydroxylation is 1. The van der Waals surface area contributed by atoms with Crippen molar-refractivity contribution >= 4 is 17.5 Å². The molecule has 1 heterocycles. The van der Waals surface area contributed by atoms with E-state index in [1.165, 1.54) is 18.2 Å². The van der Waals surface area contributed by atoms with E-state index in [0.29, 0.717) is 5.69 Å². The molecule has 1 amide bonds. The lowest BCUT2D eigenvalue weighted by Gasteiger charge is -2.17. The van der Waals surface area contributed by atoms with Gasteiger partial charge in [-0.1, -0.05) is 12.1 Å². The number of nitro groups is 1. The third-order valence-corrected chi connectivity index (χ3v) is 3.13. The van der Waals surface area contributed by atoms with Crippen LogP contribution in [0.2, 0.25) is 0 Å². The quantitative estimate of drug-likeness (QED) is 0.627. The Kier molecular flexibility index (Phi) is 4.39. The van der Waals surface area contributed by atoms with Crippen molar-refractivity contribution in [3.8, 4) is 5.75 Å². The molecule has 0 radical (unpaired) electrons. The molecule has 0 saturated heterocycles. The average molecular weight is 317 g/mol. The van der Waals surface area contributed by atoms with Crippen LogP contribution in [0.15, 0.2) is 24.3 Å². The van der Waals surface area contributed by atoms with Gasteiger partial charge in [0.15, 0.2) is 5.75 Å². The van der Waals surface area contributed by atoms with Crippen LogP contribution in [-0.2, 0) is 0 Å². The van der Waals surface area contributed by atoms with Gasteiger partial charge in [0, 0.05) is 6.07 Å².